The van der Waals surface area contributed by atoms with Crippen molar-refractivity contribution in [2.24, 2.45) is 0 Å². The highest BCUT2D eigenvalue weighted by Gasteiger charge is 2.36. The SMILES string of the molecule is Fc1cc2nc3n(c2cc1Br)[C@H](c1ccccc1OC(F)F)CC3F. The van der Waals surface area contributed by atoms with Crippen molar-refractivity contribution in [1.82, 2.24) is 9.55 Å². The van der Waals surface area contributed by atoms with Crippen LogP contribution >= 0.6 is 15.9 Å². The molecule has 3 nitrogen and oxygen atoms in total. The molecule has 0 N–H and O–H groups in total. The van der Waals surface area contributed by atoms with Crippen molar-refractivity contribution in [2.45, 2.75) is 25.2 Å². The smallest absolute Gasteiger partial charge is 0.387 e. The van der Waals surface area contributed by atoms with Gasteiger partial charge in [-0.15, -0.1) is 0 Å². The average molecular weight is 415 g/mol. The maximum absolute atomic E-state index is 14.5. The molecule has 25 heavy (non-hydrogen) atoms. The molecule has 0 amide bonds. The first-order valence-electron chi connectivity index (χ1n) is 7.50. The molecular formula is C17H11BrF4N2O. The summed E-state index contributed by atoms with van der Waals surface area (Å²) >= 11 is 3.11. The molecule has 2 aromatic carbocycles. The van der Waals surface area contributed by atoms with Crippen molar-refractivity contribution >= 4 is 27.0 Å². The topological polar surface area (TPSA) is 27.1 Å². The molecule has 2 heterocycles. The van der Waals surface area contributed by atoms with E-state index in [9.17, 15) is 17.6 Å². The Morgan fingerprint density at radius 3 is 2.76 bits per heavy atom. The van der Waals surface area contributed by atoms with Gasteiger partial charge in [-0.2, -0.15) is 8.78 Å². The second kappa shape index (κ2) is 6.01. The lowest BCUT2D eigenvalue weighted by Gasteiger charge is -2.18. The van der Waals surface area contributed by atoms with E-state index in [1.807, 2.05) is 0 Å². The van der Waals surface area contributed by atoms with Crippen molar-refractivity contribution < 1.29 is 22.3 Å². The monoisotopic (exact) mass is 414 g/mol. The number of alkyl halides is 3. The van der Waals surface area contributed by atoms with Crippen molar-refractivity contribution in [3.8, 4) is 5.75 Å². The van der Waals surface area contributed by atoms with Crippen LogP contribution < -0.4 is 4.74 Å². The molecule has 1 aliphatic rings. The molecule has 0 saturated heterocycles. The summed E-state index contributed by atoms with van der Waals surface area (Å²) < 4.78 is 60.1. The molecule has 1 aromatic heterocycles. The molecule has 0 bridgehead atoms. The van der Waals surface area contributed by atoms with Crippen LogP contribution in [0.2, 0.25) is 0 Å². The minimum atomic E-state index is -2.98. The van der Waals surface area contributed by atoms with Crippen LogP contribution in [0.5, 0.6) is 5.75 Å². The quantitative estimate of drug-likeness (QED) is 0.525. The first kappa shape index (κ1) is 16.4. The van der Waals surface area contributed by atoms with Gasteiger partial charge in [0, 0.05) is 18.1 Å². The van der Waals surface area contributed by atoms with Gasteiger partial charge in [0.15, 0.2) is 6.17 Å². The van der Waals surface area contributed by atoms with Gasteiger partial charge >= 0.3 is 6.61 Å². The Bertz CT molecular complexity index is 959. The fourth-order valence-electron chi connectivity index (χ4n) is 3.29. The van der Waals surface area contributed by atoms with Crippen LogP contribution in [0.15, 0.2) is 40.9 Å². The number of hydrogen-bond acceptors (Lipinski definition) is 2. The first-order chi connectivity index (χ1) is 12.0. The molecule has 0 radical (unpaired) electrons. The van der Waals surface area contributed by atoms with Gasteiger partial charge in [0.2, 0.25) is 0 Å². The normalized spacial score (nSPS) is 19.6. The second-order valence-electron chi connectivity index (χ2n) is 5.73. The Hall–Kier alpha value is -2.09. The zero-order valence-electron chi connectivity index (χ0n) is 12.6. The molecule has 3 aromatic rings. The molecule has 0 fully saturated rings. The molecule has 2 atom stereocenters. The number of aromatic nitrogens is 2. The molecule has 1 aliphatic heterocycles. The predicted octanol–water partition coefficient (Wildman–Crippen LogP) is 5.54. The van der Waals surface area contributed by atoms with Crippen LogP contribution in [0.4, 0.5) is 17.6 Å². The number of halogens is 5. The Labute approximate surface area is 148 Å². The summed E-state index contributed by atoms with van der Waals surface area (Å²) in [4.78, 5) is 4.18. The van der Waals surface area contributed by atoms with E-state index in [0.717, 1.165) is 0 Å². The number of imidazole rings is 1. The van der Waals surface area contributed by atoms with E-state index in [1.165, 1.54) is 18.2 Å². The number of ether oxygens (including phenoxy) is 1. The summed E-state index contributed by atoms with van der Waals surface area (Å²) in [6, 6.07) is 8.45. The van der Waals surface area contributed by atoms with Crippen LogP contribution in [-0.2, 0) is 0 Å². The van der Waals surface area contributed by atoms with Crippen molar-refractivity contribution in [3.05, 3.63) is 58.1 Å². The van der Waals surface area contributed by atoms with Crippen molar-refractivity contribution in [1.29, 1.82) is 0 Å². The fraction of sp³-hybridized carbons (Fsp3) is 0.235. The van der Waals surface area contributed by atoms with E-state index in [0.29, 0.717) is 16.6 Å². The van der Waals surface area contributed by atoms with Crippen LogP contribution in [0.1, 0.15) is 30.0 Å². The van der Waals surface area contributed by atoms with Crippen LogP contribution in [0.3, 0.4) is 0 Å². The summed E-state index contributed by atoms with van der Waals surface area (Å²) in [6.07, 6.45) is -1.32. The van der Waals surface area contributed by atoms with Gasteiger partial charge in [0.05, 0.1) is 21.5 Å². The minimum absolute atomic E-state index is 0.00872. The number of hydrogen-bond donors (Lipinski definition) is 0. The van der Waals surface area contributed by atoms with Crippen LogP contribution in [0.25, 0.3) is 11.0 Å². The highest BCUT2D eigenvalue weighted by Crippen LogP contribution is 2.45. The molecule has 8 heteroatoms. The number of nitrogens with zero attached hydrogens (tertiary/aromatic N) is 2. The summed E-state index contributed by atoms with van der Waals surface area (Å²) in [5, 5.41) is 0. The Morgan fingerprint density at radius 1 is 1.24 bits per heavy atom. The average Bonchev–Trinajstić information content (AvgIpc) is 3.06. The number of benzene rings is 2. The van der Waals surface area contributed by atoms with Crippen molar-refractivity contribution in [2.75, 3.05) is 0 Å². The van der Waals surface area contributed by atoms with E-state index < -0.39 is 24.6 Å². The van der Waals surface area contributed by atoms with E-state index in [-0.39, 0.29) is 22.5 Å². The lowest BCUT2D eigenvalue weighted by atomic mass is 10.0. The fourth-order valence-corrected chi connectivity index (χ4v) is 3.62. The van der Waals surface area contributed by atoms with Crippen molar-refractivity contribution in [3.63, 3.8) is 0 Å². The molecule has 4 rings (SSSR count). The summed E-state index contributed by atoms with van der Waals surface area (Å²) in [5.41, 5.74) is 1.28. The van der Waals surface area contributed by atoms with E-state index in [4.69, 9.17) is 0 Å². The van der Waals surface area contributed by atoms with Gasteiger partial charge in [0.25, 0.3) is 0 Å². The Kier molecular flexibility index (Phi) is 3.94. The number of rotatable bonds is 3. The van der Waals surface area contributed by atoms with E-state index >= 15 is 0 Å². The highest BCUT2D eigenvalue weighted by molar-refractivity contribution is 9.10. The zero-order valence-corrected chi connectivity index (χ0v) is 14.2. The third-order valence-electron chi connectivity index (χ3n) is 4.27. The van der Waals surface area contributed by atoms with Gasteiger partial charge in [-0.25, -0.2) is 13.8 Å². The Morgan fingerprint density at radius 2 is 2.00 bits per heavy atom. The maximum atomic E-state index is 14.5. The summed E-state index contributed by atoms with van der Waals surface area (Å²) in [7, 11) is 0. The van der Waals surface area contributed by atoms with Gasteiger partial charge in [-0.3, -0.25) is 0 Å². The predicted molar refractivity (Wildman–Crippen MR) is 87.1 cm³/mol. The molecule has 0 aliphatic carbocycles. The van der Waals surface area contributed by atoms with Crippen LogP contribution in [0, 0.1) is 5.82 Å². The van der Waals surface area contributed by atoms with Gasteiger partial charge in [0.1, 0.15) is 17.4 Å². The largest absolute Gasteiger partial charge is 0.434 e. The highest BCUT2D eigenvalue weighted by atomic mass is 79.9. The molecule has 0 saturated carbocycles. The third-order valence-corrected chi connectivity index (χ3v) is 4.88. The van der Waals surface area contributed by atoms with Gasteiger partial charge in [-0.05, 0) is 28.1 Å². The molecule has 130 valence electrons. The van der Waals surface area contributed by atoms with Gasteiger partial charge < -0.3 is 9.30 Å². The summed E-state index contributed by atoms with van der Waals surface area (Å²) in [5.74, 6) is -0.354. The van der Waals surface area contributed by atoms with Gasteiger partial charge in [-0.1, -0.05) is 18.2 Å². The third kappa shape index (κ3) is 2.68. The first-order valence-corrected chi connectivity index (χ1v) is 8.29. The standard InChI is InChI=1S/C17H11BrF4N2O/c18-9-5-14-12(6-10(9)19)23-16-11(20)7-13(24(14)16)8-3-1-2-4-15(8)25-17(21)22/h1-6,11,13,17H,7H2/t11?,13-/m0/s1. The maximum Gasteiger partial charge on any atom is 0.387 e. The lowest BCUT2D eigenvalue weighted by molar-refractivity contribution is -0.0507. The molecule has 0 spiro atoms. The van der Waals surface area contributed by atoms with E-state index in [1.54, 1.807) is 22.8 Å². The minimum Gasteiger partial charge on any atom is -0.434 e. The Balaban J connectivity index is 1.90. The summed E-state index contributed by atoms with van der Waals surface area (Å²) in [6.45, 7) is -2.98. The second-order valence-corrected chi connectivity index (χ2v) is 6.58. The molecular weight excluding hydrogens is 404 g/mol. The van der Waals surface area contributed by atoms with E-state index in [2.05, 4.69) is 25.7 Å². The number of fused-ring (bicyclic) bond motifs is 3. The number of para-hydroxylation sites is 1. The molecule has 1 unspecified atom stereocenters. The lowest BCUT2D eigenvalue weighted by Crippen LogP contribution is -2.10. The zero-order chi connectivity index (χ0) is 17.7. The van der Waals surface area contributed by atoms with Crippen LogP contribution in [-0.4, -0.2) is 16.2 Å².